The number of rotatable bonds is 5. The molecule has 6 aromatic rings. The zero-order chi connectivity index (χ0) is 31.6. The maximum Gasteiger partial charge on any atom is 4.00 e. The number of hydrogen-bond acceptors (Lipinski definition) is 0. The van der Waals surface area contributed by atoms with Gasteiger partial charge in [0.2, 0.25) is 0 Å². The van der Waals surface area contributed by atoms with Crippen molar-refractivity contribution < 1.29 is 25.8 Å². The Kier molecular flexibility index (Phi) is 11.5. The molecule has 0 aliphatic heterocycles. The van der Waals surface area contributed by atoms with E-state index in [0.29, 0.717) is 0 Å². The van der Waals surface area contributed by atoms with Gasteiger partial charge in [-0.05, 0) is 58.1 Å². The number of aryl methyl sites for hydroxylation is 2. The molecule has 0 bridgehead atoms. The molecular weight excluding hydrogens is 747 g/mol. The van der Waals surface area contributed by atoms with Gasteiger partial charge in [-0.3, -0.25) is 0 Å². The molecular formula is C45H54HfSi. The molecule has 0 radical (unpaired) electrons. The van der Waals surface area contributed by atoms with Crippen LogP contribution in [0.2, 0.25) is 12.6 Å². The first kappa shape index (κ1) is 38.6. The minimum absolute atomic E-state index is 0. The van der Waals surface area contributed by atoms with Crippen LogP contribution in [0.15, 0.2) is 97.1 Å². The first-order valence-electron chi connectivity index (χ1n) is 16.3. The van der Waals surface area contributed by atoms with Gasteiger partial charge in [0.15, 0.2) is 0 Å². The van der Waals surface area contributed by atoms with Crippen LogP contribution < -0.4 is 10.4 Å². The van der Waals surface area contributed by atoms with Crippen molar-refractivity contribution in [2.75, 3.05) is 0 Å². The summed E-state index contributed by atoms with van der Waals surface area (Å²) in [6.07, 6.45) is 0. The second-order valence-corrected chi connectivity index (χ2v) is 19.9. The van der Waals surface area contributed by atoms with Gasteiger partial charge in [0.05, 0.1) is 8.07 Å². The number of hydrogen-bond donors (Lipinski definition) is 0. The molecule has 0 fully saturated rings. The molecule has 47 heavy (non-hydrogen) atoms. The van der Waals surface area contributed by atoms with E-state index in [0.717, 1.165) is 0 Å². The molecule has 0 N–H and O–H groups in total. The third kappa shape index (κ3) is 7.02. The average molecular weight is 802 g/mol. The van der Waals surface area contributed by atoms with Crippen molar-refractivity contribution in [1.82, 2.24) is 0 Å². The van der Waals surface area contributed by atoms with Crippen LogP contribution in [0.4, 0.5) is 0 Å². The Labute approximate surface area is 306 Å². The van der Waals surface area contributed by atoms with Crippen molar-refractivity contribution in [2.45, 2.75) is 85.7 Å². The van der Waals surface area contributed by atoms with Crippen LogP contribution >= 0.6 is 0 Å². The smallest absolute Gasteiger partial charge is 0.358 e. The largest absolute Gasteiger partial charge is 4.00 e. The molecule has 6 aromatic carbocycles. The van der Waals surface area contributed by atoms with Crippen LogP contribution in [-0.2, 0) is 36.7 Å². The first-order chi connectivity index (χ1) is 20.7. The topological polar surface area (TPSA) is 0 Å². The van der Waals surface area contributed by atoms with Crippen LogP contribution in [0, 0.1) is 28.7 Å². The van der Waals surface area contributed by atoms with E-state index in [9.17, 15) is 0 Å². The molecule has 0 spiro atoms. The Hall–Kier alpha value is -2.81. The molecule has 242 valence electrons. The van der Waals surface area contributed by atoms with Gasteiger partial charge in [0.25, 0.3) is 0 Å². The summed E-state index contributed by atoms with van der Waals surface area (Å²) in [7, 11) is -1.98. The molecule has 0 amide bonds. The maximum atomic E-state index is 2.57. The minimum atomic E-state index is -1.98. The van der Waals surface area contributed by atoms with Crippen molar-refractivity contribution in [3.05, 3.63) is 134 Å². The molecule has 0 unspecified atom stereocenters. The van der Waals surface area contributed by atoms with Gasteiger partial charge in [-0.1, -0.05) is 121 Å². The van der Waals surface area contributed by atoms with E-state index < -0.39 is 8.07 Å². The van der Waals surface area contributed by atoms with Crippen molar-refractivity contribution in [3.63, 3.8) is 0 Å². The monoisotopic (exact) mass is 802 g/mol. The van der Waals surface area contributed by atoms with Gasteiger partial charge in [-0.2, -0.15) is 12.1 Å². The fourth-order valence-corrected chi connectivity index (χ4v) is 10.0. The predicted octanol–water partition coefficient (Wildman–Crippen LogP) is 12.1. The molecule has 0 heterocycles. The van der Waals surface area contributed by atoms with E-state index in [4.69, 9.17) is 0 Å². The van der Waals surface area contributed by atoms with Crippen LogP contribution in [-0.4, -0.2) is 8.07 Å². The molecule has 0 saturated heterocycles. The Bertz CT molecular complexity index is 1860. The molecule has 0 nitrogen and oxygen atoms in total. The summed E-state index contributed by atoms with van der Waals surface area (Å²) in [6, 6.07) is 39.0. The summed E-state index contributed by atoms with van der Waals surface area (Å²) in [4.78, 5) is 0. The van der Waals surface area contributed by atoms with Crippen LogP contribution in [0.25, 0.3) is 43.8 Å². The van der Waals surface area contributed by atoms with Crippen molar-refractivity contribution >= 4 is 40.0 Å². The fraction of sp³-hybridized carbons (Fsp3) is 0.289. The second-order valence-electron chi connectivity index (χ2n) is 15.4. The van der Waals surface area contributed by atoms with Gasteiger partial charge in [0, 0.05) is 0 Å². The number of fused-ring (bicyclic) bond motifs is 2. The van der Waals surface area contributed by atoms with E-state index in [1.54, 1.807) is 0 Å². The molecule has 0 saturated carbocycles. The van der Waals surface area contributed by atoms with E-state index in [-0.39, 0.29) is 51.5 Å². The normalized spacial score (nSPS) is 12.0. The molecule has 2 heteroatoms. The van der Waals surface area contributed by atoms with Crippen LogP contribution in [0.5, 0.6) is 0 Å². The molecule has 0 aliphatic rings. The summed E-state index contributed by atoms with van der Waals surface area (Å²) in [5, 5.41) is 8.55. The standard InChI is InChI=1S/C43H48Si.2CH3.Hf/c1-11-44(10,34-24-30-14-12-16-38(40(30)26-34)36-20-18-32(22-28(36)2)42(4,5)6)35-25-31-15-13-17-39(41(31)27-35)37-21-19-33(23-29(37)3)43(7,8)9;;;/h12-27H,11H2,1-10H3;2*1H3;/q-2;2*-1;+4. The predicted molar refractivity (Wildman–Crippen MR) is 211 cm³/mol. The maximum absolute atomic E-state index is 2.57. The van der Waals surface area contributed by atoms with E-state index in [2.05, 4.69) is 166 Å². The van der Waals surface area contributed by atoms with Crippen LogP contribution in [0.3, 0.4) is 0 Å². The second kappa shape index (κ2) is 14.0. The first-order valence-corrected chi connectivity index (χ1v) is 19.0. The van der Waals surface area contributed by atoms with Crippen molar-refractivity contribution in [2.24, 2.45) is 0 Å². The minimum Gasteiger partial charge on any atom is -0.358 e. The SMILES string of the molecule is CC[Si](C)(c1cc2c(-c3ccc(C(C)(C)C)cc3C)cccc2[cH-]1)c1cc2c(-c3ccc(C(C)(C)C)cc3C)cccc2[cH-]1.[CH3-].[CH3-].[Hf+4]. The van der Waals surface area contributed by atoms with Crippen LogP contribution in [0.1, 0.15) is 70.7 Å². The average Bonchev–Trinajstić information content (AvgIpc) is 3.61. The number of benzene rings is 4. The van der Waals surface area contributed by atoms with Crippen molar-refractivity contribution in [3.8, 4) is 22.3 Å². The molecule has 0 aliphatic carbocycles. The summed E-state index contributed by atoms with van der Waals surface area (Å²) < 4.78 is 0. The molecule has 6 rings (SSSR count). The zero-order valence-electron chi connectivity index (χ0n) is 30.9. The summed E-state index contributed by atoms with van der Waals surface area (Å²) >= 11 is 0. The quantitative estimate of drug-likeness (QED) is 0.120. The van der Waals surface area contributed by atoms with Gasteiger partial charge in [-0.25, -0.2) is 0 Å². The Morgan fingerprint density at radius 1 is 0.553 bits per heavy atom. The van der Waals surface area contributed by atoms with Gasteiger partial charge in [0.1, 0.15) is 0 Å². The Morgan fingerprint density at radius 3 is 1.26 bits per heavy atom. The van der Waals surface area contributed by atoms with E-state index >= 15 is 0 Å². The zero-order valence-corrected chi connectivity index (χ0v) is 35.5. The Balaban J connectivity index is 0.00000200. The Morgan fingerprint density at radius 2 is 0.936 bits per heavy atom. The third-order valence-corrected chi connectivity index (χ3v) is 14.8. The van der Waals surface area contributed by atoms with E-state index in [1.165, 1.54) is 82.5 Å². The van der Waals surface area contributed by atoms with Gasteiger partial charge in [-0.15, -0.1) is 68.3 Å². The van der Waals surface area contributed by atoms with Gasteiger partial charge < -0.3 is 14.9 Å². The van der Waals surface area contributed by atoms with Crippen molar-refractivity contribution in [1.29, 1.82) is 0 Å². The van der Waals surface area contributed by atoms with E-state index in [1.807, 2.05) is 0 Å². The fourth-order valence-electron chi connectivity index (χ4n) is 7.02. The molecule has 0 aromatic heterocycles. The molecule has 0 atom stereocenters. The summed E-state index contributed by atoms with van der Waals surface area (Å²) in [6.45, 7) is 23.3. The summed E-state index contributed by atoms with van der Waals surface area (Å²) in [5.41, 5.74) is 11.2. The third-order valence-electron chi connectivity index (χ3n) is 10.2. The summed E-state index contributed by atoms with van der Waals surface area (Å²) in [5.74, 6) is 0. The van der Waals surface area contributed by atoms with Gasteiger partial charge >= 0.3 is 25.8 Å².